The van der Waals surface area contributed by atoms with Crippen molar-refractivity contribution in [1.82, 2.24) is 4.98 Å². The van der Waals surface area contributed by atoms with Gasteiger partial charge in [-0.15, -0.1) is 0 Å². The zero-order valence-corrected chi connectivity index (χ0v) is 11.2. The predicted molar refractivity (Wildman–Crippen MR) is 79.6 cm³/mol. The molecule has 20 heavy (non-hydrogen) atoms. The minimum atomic E-state index is 0.331. The Morgan fingerprint density at radius 2 is 2.05 bits per heavy atom. The molecule has 3 rings (SSSR count). The van der Waals surface area contributed by atoms with Crippen LogP contribution in [0.4, 0.5) is 11.5 Å². The maximum atomic E-state index is 9.08. The quantitative estimate of drug-likeness (QED) is 0.926. The van der Waals surface area contributed by atoms with Crippen molar-refractivity contribution in [3.05, 3.63) is 54.2 Å². The minimum Gasteiger partial charge on any atom is -0.369 e. The summed E-state index contributed by atoms with van der Waals surface area (Å²) in [6.07, 6.45) is 2.77. The van der Waals surface area contributed by atoms with Crippen LogP contribution in [0.15, 0.2) is 48.7 Å². The molecular formula is C16H16N4. The van der Waals surface area contributed by atoms with Crippen LogP contribution in [-0.2, 0) is 0 Å². The van der Waals surface area contributed by atoms with Gasteiger partial charge in [0, 0.05) is 31.0 Å². The first-order valence-corrected chi connectivity index (χ1v) is 6.78. The second-order valence-electron chi connectivity index (χ2n) is 4.92. The lowest BCUT2D eigenvalue weighted by molar-refractivity contribution is 0.800. The van der Waals surface area contributed by atoms with Crippen LogP contribution in [0.2, 0.25) is 0 Å². The van der Waals surface area contributed by atoms with E-state index >= 15 is 0 Å². The lowest BCUT2D eigenvalue weighted by Gasteiger charge is -2.19. The van der Waals surface area contributed by atoms with Crippen molar-refractivity contribution >= 4 is 11.5 Å². The minimum absolute atomic E-state index is 0.331. The van der Waals surface area contributed by atoms with Crippen molar-refractivity contribution in [1.29, 1.82) is 5.26 Å². The van der Waals surface area contributed by atoms with Crippen molar-refractivity contribution in [3.63, 3.8) is 0 Å². The number of aromatic nitrogens is 1. The number of nitrogens with zero attached hydrogens (tertiary/aromatic N) is 3. The number of hydrogen-bond donors (Lipinski definition) is 1. The van der Waals surface area contributed by atoms with Gasteiger partial charge in [-0.05, 0) is 30.7 Å². The summed E-state index contributed by atoms with van der Waals surface area (Å²) in [5, 5.41) is 12.5. The largest absolute Gasteiger partial charge is 0.369 e. The van der Waals surface area contributed by atoms with Crippen molar-refractivity contribution < 1.29 is 0 Å². The molecule has 4 heteroatoms. The maximum absolute atomic E-state index is 9.08. The van der Waals surface area contributed by atoms with E-state index in [1.165, 1.54) is 5.69 Å². The number of para-hydroxylation sites is 1. The van der Waals surface area contributed by atoms with Gasteiger partial charge in [0.1, 0.15) is 11.9 Å². The molecule has 0 amide bonds. The van der Waals surface area contributed by atoms with Crippen LogP contribution >= 0.6 is 0 Å². The summed E-state index contributed by atoms with van der Waals surface area (Å²) in [4.78, 5) is 6.61. The molecule has 0 spiro atoms. The number of hydrogen-bond acceptors (Lipinski definition) is 4. The average Bonchev–Trinajstić information content (AvgIpc) is 2.97. The highest BCUT2D eigenvalue weighted by Gasteiger charge is 2.23. The van der Waals surface area contributed by atoms with Gasteiger partial charge in [0.25, 0.3) is 0 Å². The second-order valence-corrected chi connectivity index (χ2v) is 4.92. The van der Waals surface area contributed by atoms with Gasteiger partial charge in [-0.1, -0.05) is 18.2 Å². The van der Waals surface area contributed by atoms with E-state index in [0.717, 1.165) is 19.5 Å². The highest BCUT2D eigenvalue weighted by Crippen LogP contribution is 2.22. The topological polar surface area (TPSA) is 52.0 Å². The summed E-state index contributed by atoms with van der Waals surface area (Å²) in [6.45, 7) is 1.96. The van der Waals surface area contributed by atoms with Crippen molar-refractivity contribution in [2.45, 2.75) is 12.5 Å². The lowest BCUT2D eigenvalue weighted by atomic mass is 10.2. The van der Waals surface area contributed by atoms with Gasteiger partial charge in [-0.25, -0.2) is 4.98 Å². The average molecular weight is 264 g/mol. The molecule has 100 valence electrons. The Morgan fingerprint density at radius 1 is 1.20 bits per heavy atom. The van der Waals surface area contributed by atoms with Crippen LogP contribution in [0.25, 0.3) is 0 Å². The highest BCUT2D eigenvalue weighted by molar-refractivity contribution is 5.53. The zero-order chi connectivity index (χ0) is 13.8. The fraction of sp³-hybridized carbons (Fsp3) is 0.250. The van der Waals surface area contributed by atoms with Crippen molar-refractivity contribution in [2.24, 2.45) is 0 Å². The third-order valence-corrected chi connectivity index (χ3v) is 3.58. The molecular weight excluding hydrogens is 248 g/mol. The first kappa shape index (κ1) is 12.5. The number of nitriles is 1. The molecule has 1 unspecified atom stereocenters. The fourth-order valence-corrected chi connectivity index (χ4v) is 2.56. The maximum Gasteiger partial charge on any atom is 0.144 e. The molecule has 1 N–H and O–H groups in total. The van der Waals surface area contributed by atoms with Gasteiger partial charge in [0.05, 0.1) is 5.56 Å². The molecule has 2 heterocycles. The van der Waals surface area contributed by atoms with Gasteiger partial charge >= 0.3 is 0 Å². The number of rotatable bonds is 3. The van der Waals surface area contributed by atoms with Crippen LogP contribution in [0.5, 0.6) is 0 Å². The third kappa shape index (κ3) is 2.57. The Kier molecular flexibility index (Phi) is 3.51. The Balaban J connectivity index is 1.68. The van der Waals surface area contributed by atoms with Crippen LogP contribution < -0.4 is 10.2 Å². The molecule has 1 aromatic heterocycles. The lowest BCUT2D eigenvalue weighted by Crippen LogP contribution is -2.26. The van der Waals surface area contributed by atoms with E-state index < -0.39 is 0 Å². The molecule has 1 fully saturated rings. The molecule has 0 saturated carbocycles. The van der Waals surface area contributed by atoms with E-state index in [4.69, 9.17) is 5.26 Å². The summed E-state index contributed by atoms with van der Waals surface area (Å²) in [5.41, 5.74) is 1.85. The fourth-order valence-electron chi connectivity index (χ4n) is 2.56. The number of anilines is 2. The van der Waals surface area contributed by atoms with E-state index in [9.17, 15) is 0 Å². The molecule has 1 aliphatic rings. The van der Waals surface area contributed by atoms with Crippen LogP contribution in [0.3, 0.4) is 0 Å². The highest BCUT2D eigenvalue weighted by atomic mass is 15.2. The van der Waals surface area contributed by atoms with Gasteiger partial charge in [-0.3, -0.25) is 0 Å². The van der Waals surface area contributed by atoms with E-state index in [1.807, 2.05) is 6.07 Å². The van der Waals surface area contributed by atoms with Crippen LogP contribution in [0.1, 0.15) is 12.0 Å². The molecule has 2 aromatic rings. The number of nitrogens with one attached hydrogen (secondary N) is 1. The molecule has 1 aromatic carbocycles. The van der Waals surface area contributed by atoms with Crippen molar-refractivity contribution in [3.8, 4) is 6.07 Å². The molecule has 0 radical (unpaired) electrons. The Hall–Kier alpha value is -2.54. The number of benzene rings is 1. The summed E-state index contributed by atoms with van der Waals surface area (Å²) in [6, 6.07) is 16.5. The number of pyridine rings is 1. The summed E-state index contributed by atoms with van der Waals surface area (Å²) >= 11 is 0. The third-order valence-electron chi connectivity index (χ3n) is 3.58. The van der Waals surface area contributed by atoms with Crippen LogP contribution in [-0.4, -0.2) is 24.1 Å². The summed E-state index contributed by atoms with van der Waals surface area (Å²) in [5.74, 6) is 0.690. The Bertz CT molecular complexity index is 618. The molecule has 0 aliphatic carbocycles. The van der Waals surface area contributed by atoms with Gasteiger partial charge in [-0.2, -0.15) is 5.26 Å². The van der Waals surface area contributed by atoms with Gasteiger partial charge in [0.2, 0.25) is 0 Å². The molecule has 1 atom stereocenters. The smallest absolute Gasteiger partial charge is 0.144 e. The zero-order valence-electron chi connectivity index (χ0n) is 11.2. The standard InChI is InChI=1S/C16H16N4/c17-11-13-5-4-9-18-16(13)19-14-8-10-20(12-14)15-6-2-1-3-7-15/h1-7,9,14H,8,10,12H2,(H,18,19). The summed E-state index contributed by atoms with van der Waals surface area (Å²) < 4.78 is 0. The first-order valence-electron chi connectivity index (χ1n) is 6.78. The monoisotopic (exact) mass is 264 g/mol. The van der Waals surface area contributed by atoms with Gasteiger partial charge < -0.3 is 10.2 Å². The van der Waals surface area contributed by atoms with E-state index in [2.05, 4.69) is 45.5 Å². The van der Waals surface area contributed by atoms with Gasteiger partial charge in [0.15, 0.2) is 0 Å². The molecule has 1 aliphatic heterocycles. The molecule has 4 nitrogen and oxygen atoms in total. The summed E-state index contributed by atoms with van der Waals surface area (Å²) in [7, 11) is 0. The SMILES string of the molecule is N#Cc1cccnc1NC1CCN(c2ccccc2)C1. The van der Waals surface area contributed by atoms with E-state index in [0.29, 0.717) is 17.4 Å². The predicted octanol–water partition coefficient (Wildman–Crippen LogP) is 2.64. The Morgan fingerprint density at radius 3 is 2.85 bits per heavy atom. The molecule has 0 bridgehead atoms. The van der Waals surface area contributed by atoms with E-state index in [1.54, 1.807) is 18.3 Å². The molecule has 1 saturated heterocycles. The normalized spacial score (nSPS) is 17.8. The Labute approximate surface area is 118 Å². The van der Waals surface area contributed by atoms with Crippen molar-refractivity contribution in [2.75, 3.05) is 23.3 Å². The van der Waals surface area contributed by atoms with Crippen LogP contribution in [0, 0.1) is 11.3 Å². The first-order chi connectivity index (χ1) is 9.86. The van der Waals surface area contributed by atoms with E-state index in [-0.39, 0.29) is 0 Å². The second kappa shape index (κ2) is 5.62.